The molecule has 0 amide bonds. The van der Waals surface area contributed by atoms with E-state index in [1.165, 1.54) is 43.9 Å². The Hall–Kier alpha value is -2.71. The zero-order chi connectivity index (χ0) is 20.9. The number of imidazole rings is 1. The molecule has 3 aromatic rings. The average Bonchev–Trinajstić information content (AvgIpc) is 2.99. The quantitative estimate of drug-likeness (QED) is 0.241. The van der Waals surface area contributed by atoms with Gasteiger partial charge in [0.05, 0.1) is 10.5 Å². The van der Waals surface area contributed by atoms with Crippen LogP contribution in [-0.4, -0.2) is 50.5 Å². The Kier molecular flexibility index (Phi) is 6.44. The van der Waals surface area contributed by atoms with Gasteiger partial charge in [-0.3, -0.25) is 0 Å². The molecule has 0 unspecified atom stereocenters. The van der Waals surface area contributed by atoms with Crippen molar-refractivity contribution in [3.05, 3.63) is 52.7 Å². The van der Waals surface area contributed by atoms with Crippen molar-refractivity contribution in [2.45, 2.75) is 32.1 Å². The zero-order valence-electron chi connectivity index (χ0n) is 16.5. The van der Waals surface area contributed by atoms with E-state index in [1.807, 2.05) is 0 Å². The van der Waals surface area contributed by atoms with Gasteiger partial charge in [-0.05, 0) is 50.2 Å². The van der Waals surface area contributed by atoms with Gasteiger partial charge >= 0.3 is 0 Å². The third-order valence-electron chi connectivity index (χ3n) is 5.34. The van der Waals surface area contributed by atoms with Crippen LogP contribution in [0.1, 0.15) is 37.1 Å². The lowest BCUT2D eigenvalue weighted by molar-refractivity contribution is 0.287. The van der Waals surface area contributed by atoms with Crippen molar-refractivity contribution in [1.82, 2.24) is 19.9 Å². The molecule has 1 saturated heterocycles. The normalized spacial score (nSPS) is 16.0. The van der Waals surface area contributed by atoms with Crippen molar-refractivity contribution in [3.63, 3.8) is 0 Å². The number of hydrogen-bond acceptors (Lipinski definition) is 5. The molecular formula is C21H24ClFN6O. The second kappa shape index (κ2) is 9.40. The number of aromatic nitrogens is 3. The van der Waals surface area contributed by atoms with Gasteiger partial charge in [0, 0.05) is 30.4 Å². The number of likely N-dealkylation sites (tertiary alicyclic amines) is 1. The summed E-state index contributed by atoms with van der Waals surface area (Å²) < 4.78 is 13.4. The second-order valence-electron chi connectivity index (χ2n) is 7.45. The molecule has 1 aromatic carbocycles. The van der Waals surface area contributed by atoms with E-state index in [2.05, 4.69) is 30.3 Å². The lowest BCUT2D eigenvalue weighted by Gasteiger charge is -2.18. The maximum absolute atomic E-state index is 13.4. The van der Waals surface area contributed by atoms with Crippen LogP contribution in [0.5, 0.6) is 0 Å². The van der Waals surface area contributed by atoms with Crippen LogP contribution in [0.3, 0.4) is 0 Å². The van der Waals surface area contributed by atoms with Crippen LogP contribution < -0.4 is 5.32 Å². The van der Waals surface area contributed by atoms with E-state index >= 15 is 0 Å². The number of fused-ring (bicyclic) bond motifs is 1. The standard InChI is InChI=1S/C21H24ClFN6O/c22-16-13-14(5-6-17(16)23)25-20(28-30)15-7-9-24-21-19(15)26-18(27-21)8-12-29-10-3-1-2-4-11-29/h5-7,9,13,30H,1-4,8,10-12H2,(H,25,28)(H,24,26,27). The van der Waals surface area contributed by atoms with E-state index in [9.17, 15) is 9.60 Å². The fraction of sp³-hybridized carbons (Fsp3) is 0.381. The van der Waals surface area contributed by atoms with Crippen LogP contribution in [0.25, 0.3) is 11.2 Å². The van der Waals surface area contributed by atoms with Crippen LogP contribution in [0.15, 0.2) is 35.6 Å². The predicted octanol–water partition coefficient (Wildman–Crippen LogP) is 4.42. The SMILES string of the molecule is O/N=C(\Nc1ccc(F)c(Cl)c1)c1ccnc2nc(CCN3CCCCCC3)[nH]c12. The molecule has 2 aromatic heterocycles. The van der Waals surface area contributed by atoms with Crippen LogP contribution in [-0.2, 0) is 6.42 Å². The summed E-state index contributed by atoms with van der Waals surface area (Å²) >= 11 is 5.85. The summed E-state index contributed by atoms with van der Waals surface area (Å²) in [4.78, 5) is 14.7. The van der Waals surface area contributed by atoms with Gasteiger partial charge in [-0.25, -0.2) is 14.4 Å². The third-order valence-corrected chi connectivity index (χ3v) is 5.63. The number of benzene rings is 1. The van der Waals surface area contributed by atoms with Crippen LogP contribution in [0.2, 0.25) is 5.02 Å². The minimum Gasteiger partial charge on any atom is -0.409 e. The highest BCUT2D eigenvalue weighted by Crippen LogP contribution is 2.22. The molecule has 1 fully saturated rings. The minimum absolute atomic E-state index is 0.0190. The highest BCUT2D eigenvalue weighted by molar-refractivity contribution is 6.31. The van der Waals surface area contributed by atoms with Crippen molar-refractivity contribution < 1.29 is 9.60 Å². The van der Waals surface area contributed by atoms with E-state index in [0.717, 1.165) is 31.9 Å². The third kappa shape index (κ3) is 4.71. The number of rotatable bonds is 5. The van der Waals surface area contributed by atoms with Crippen molar-refractivity contribution in [2.24, 2.45) is 5.16 Å². The number of nitrogens with one attached hydrogen (secondary N) is 2. The Bertz CT molecular complexity index is 1050. The van der Waals surface area contributed by atoms with Crippen molar-refractivity contribution >= 4 is 34.3 Å². The number of nitrogens with zero attached hydrogens (tertiary/aromatic N) is 4. The van der Waals surface area contributed by atoms with Gasteiger partial charge < -0.3 is 20.4 Å². The van der Waals surface area contributed by atoms with Crippen molar-refractivity contribution in [3.8, 4) is 0 Å². The number of pyridine rings is 1. The average molecular weight is 431 g/mol. The number of oxime groups is 1. The van der Waals surface area contributed by atoms with Crippen molar-refractivity contribution in [2.75, 3.05) is 25.0 Å². The Morgan fingerprint density at radius 3 is 2.77 bits per heavy atom. The van der Waals surface area contributed by atoms with E-state index in [0.29, 0.717) is 22.4 Å². The number of anilines is 1. The molecule has 1 aliphatic rings. The molecule has 0 atom stereocenters. The fourth-order valence-electron chi connectivity index (χ4n) is 3.76. The highest BCUT2D eigenvalue weighted by atomic mass is 35.5. The molecule has 0 aliphatic carbocycles. The summed E-state index contributed by atoms with van der Waals surface area (Å²) in [6.07, 6.45) is 7.53. The zero-order valence-corrected chi connectivity index (χ0v) is 17.3. The molecule has 0 saturated carbocycles. The molecule has 7 nitrogen and oxygen atoms in total. The summed E-state index contributed by atoms with van der Waals surface area (Å²) in [5, 5.41) is 15.9. The molecule has 0 bridgehead atoms. The van der Waals surface area contributed by atoms with Crippen LogP contribution >= 0.6 is 11.6 Å². The number of amidine groups is 1. The van der Waals surface area contributed by atoms with Gasteiger partial charge in [0.25, 0.3) is 0 Å². The van der Waals surface area contributed by atoms with Gasteiger partial charge in [0.2, 0.25) is 0 Å². The molecule has 158 valence electrons. The van der Waals surface area contributed by atoms with Gasteiger partial charge in [-0.15, -0.1) is 0 Å². The number of aromatic amines is 1. The van der Waals surface area contributed by atoms with Crippen LogP contribution in [0.4, 0.5) is 10.1 Å². The first kappa shape index (κ1) is 20.6. The highest BCUT2D eigenvalue weighted by Gasteiger charge is 2.16. The summed E-state index contributed by atoms with van der Waals surface area (Å²) in [5.74, 6) is 0.516. The molecule has 30 heavy (non-hydrogen) atoms. The van der Waals surface area contributed by atoms with Crippen molar-refractivity contribution in [1.29, 1.82) is 0 Å². The largest absolute Gasteiger partial charge is 0.409 e. The molecule has 4 rings (SSSR count). The Balaban J connectivity index is 1.53. The molecule has 3 heterocycles. The molecule has 0 radical (unpaired) electrons. The van der Waals surface area contributed by atoms with E-state index in [1.54, 1.807) is 12.3 Å². The Morgan fingerprint density at radius 2 is 2.03 bits per heavy atom. The van der Waals surface area contributed by atoms with Crippen LogP contribution in [0, 0.1) is 5.82 Å². The maximum atomic E-state index is 13.4. The topological polar surface area (TPSA) is 89.4 Å². The smallest absolute Gasteiger partial charge is 0.179 e. The van der Waals surface area contributed by atoms with Gasteiger partial charge in [0.1, 0.15) is 11.6 Å². The van der Waals surface area contributed by atoms with E-state index in [-0.39, 0.29) is 10.9 Å². The minimum atomic E-state index is -0.515. The summed E-state index contributed by atoms with van der Waals surface area (Å²) in [6, 6.07) is 5.93. The van der Waals surface area contributed by atoms with Gasteiger partial charge in [-0.1, -0.05) is 29.6 Å². The van der Waals surface area contributed by atoms with Gasteiger partial charge in [-0.2, -0.15) is 0 Å². The van der Waals surface area contributed by atoms with E-state index < -0.39 is 5.82 Å². The first-order chi connectivity index (χ1) is 14.6. The molecule has 0 spiro atoms. The lowest BCUT2D eigenvalue weighted by atomic mass is 10.2. The predicted molar refractivity (Wildman–Crippen MR) is 116 cm³/mol. The monoisotopic (exact) mass is 430 g/mol. The number of hydrogen-bond donors (Lipinski definition) is 3. The summed E-state index contributed by atoms with van der Waals surface area (Å²) in [7, 11) is 0. The fourth-order valence-corrected chi connectivity index (χ4v) is 3.94. The summed E-state index contributed by atoms with van der Waals surface area (Å²) in [6.45, 7) is 3.22. The maximum Gasteiger partial charge on any atom is 0.179 e. The Morgan fingerprint density at radius 1 is 1.23 bits per heavy atom. The van der Waals surface area contributed by atoms with E-state index in [4.69, 9.17) is 11.6 Å². The first-order valence-electron chi connectivity index (χ1n) is 10.1. The lowest BCUT2D eigenvalue weighted by Crippen LogP contribution is -2.27. The molecule has 9 heteroatoms. The molecule has 1 aliphatic heterocycles. The first-order valence-corrected chi connectivity index (χ1v) is 10.5. The van der Waals surface area contributed by atoms with Gasteiger partial charge in [0.15, 0.2) is 11.5 Å². The summed E-state index contributed by atoms with van der Waals surface area (Å²) in [5.41, 5.74) is 2.34. The molecule has 3 N–H and O–H groups in total. The number of halogens is 2. The molecular weight excluding hydrogens is 407 g/mol. The number of H-pyrrole nitrogens is 1. The second-order valence-corrected chi connectivity index (χ2v) is 7.86. The Labute approximate surface area is 179 Å².